The molecule has 2 aromatic rings. The first-order chi connectivity index (χ1) is 16.4. The summed E-state index contributed by atoms with van der Waals surface area (Å²) in [5, 5.41) is 0. The summed E-state index contributed by atoms with van der Waals surface area (Å²) in [5.41, 5.74) is 2.28. The minimum atomic E-state index is -3.75. The quantitative estimate of drug-likeness (QED) is 0.583. The third-order valence-electron chi connectivity index (χ3n) is 6.40. The molecule has 1 saturated heterocycles. The number of sulfonamides is 1. The summed E-state index contributed by atoms with van der Waals surface area (Å²) < 4.78 is 38.3. The van der Waals surface area contributed by atoms with E-state index in [4.69, 9.17) is 9.47 Å². The summed E-state index contributed by atoms with van der Waals surface area (Å²) in [7, 11) is -2.35. The predicted molar refractivity (Wildman–Crippen MR) is 126 cm³/mol. The maximum atomic E-state index is 13.2. The minimum absolute atomic E-state index is 0.0149. The number of ether oxygens (including phenoxy) is 2. The fourth-order valence-electron chi connectivity index (χ4n) is 4.44. The topological polar surface area (TPSA) is 93.2 Å². The van der Waals surface area contributed by atoms with Crippen LogP contribution in [-0.2, 0) is 32.5 Å². The van der Waals surface area contributed by atoms with Crippen LogP contribution in [-0.4, -0.2) is 62.9 Å². The van der Waals surface area contributed by atoms with Crippen LogP contribution in [0.25, 0.3) is 0 Å². The van der Waals surface area contributed by atoms with Gasteiger partial charge in [0, 0.05) is 26.2 Å². The molecular weight excluding hydrogens is 456 g/mol. The second kappa shape index (κ2) is 10.6. The lowest BCUT2D eigenvalue weighted by Gasteiger charge is -2.28. The van der Waals surface area contributed by atoms with Crippen molar-refractivity contribution in [1.29, 1.82) is 0 Å². The van der Waals surface area contributed by atoms with Crippen molar-refractivity contribution in [3.8, 4) is 5.75 Å². The molecule has 0 aliphatic carbocycles. The van der Waals surface area contributed by atoms with Gasteiger partial charge in [-0.25, -0.2) is 13.2 Å². The first-order valence-corrected chi connectivity index (χ1v) is 13.0. The van der Waals surface area contributed by atoms with Gasteiger partial charge < -0.3 is 14.4 Å². The molecule has 1 fully saturated rings. The maximum absolute atomic E-state index is 13.2. The molecule has 2 aromatic carbocycles. The molecular formula is C25H30N2O6S. The molecule has 9 heteroatoms. The van der Waals surface area contributed by atoms with Gasteiger partial charge in [0.25, 0.3) is 5.91 Å². The number of carbonyl (C=O) groups excluding carboxylic acids is 2. The van der Waals surface area contributed by atoms with Crippen molar-refractivity contribution in [2.24, 2.45) is 0 Å². The number of amides is 1. The molecule has 4 rings (SSSR count). The molecule has 182 valence electrons. The van der Waals surface area contributed by atoms with Crippen LogP contribution in [0.1, 0.15) is 47.2 Å². The summed E-state index contributed by atoms with van der Waals surface area (Å²) in [4.78, 5) is 27.2. The van der Waals surface area contributed by atoms with Crippen LogP contribution in [0, 0.1) is 0 Å². The van der Waals surface area contributed by atoms with Gasteiger partial charge in [-0.1, -0.05) is 37.1 Å². The number of esters is 1. The molecule has 0 N–H and O–H groups in total. The lowest BCUT2D eigenvalue weighted by Crippen LogP contribution is -2.38. The van der Waals surface area contributed by atoms with E-state index >= 15 is 0 Å². The highest BCUT2D eigenvalue weighted by molar-refractivity contribution is 7.89. The fourth-order valence-corrected chi connectivity index (χ4v) is 5.99. The van der Waals surface area contributed by atoms with Gasteiger partial charge in [0.15, 0.2) is 6.61 Å². The SMILES string of the molecule is COc1ccc(S(=O)(=O)N2CCCCCC2)cc1C(=O)OCC(=O)N1CCc2ccccc2C1. The number of carbonyl (C=O) groups is 2. The van der Waals surface area contributed by atoms with Crippen molar-refractivity contribution in [1.82, 2.24) is 9.21 Å². The molecule has 2 aliphatic heterocycles. The molecule has 2 heterocycles. The van der Waals surface area contributed by atoms with Gasteiger partial charge in [0.05, 0.1) is 12.0 Å². The summed E-state index contributed by atoms with van der Waals surface area (Å²) in [6.07, 6.45) is 4.38. The van der Waals surface area contributed by atoms with Gasteiger partial charge in [-0.2, -0.15) is 4.31 Å². The zero-order valence-corrected chi connectivity index (χ0v) is 20.2. The van der Waals surface area contributed by atoms with Gasteiger partial charge >= 0.3 is 5.97 Å². The third kappa shape index (κ3) is 5.26. The molecule has 0 bridgehead atoms. The number of nitrogens with zero attached hydrogens (tertiary/aromatic N) is 2. The number of hydrogen-bond donors (Lipinski definition) is 0. The lowest BCUT2D eigenvalue weighted by atomic mass is 10.00. The Balaban J connectivity index is 1.45. The minimum Gasteiger partial charge on any atom is -0.496 e. The van der Waals surface area contributed by atoms with Crippen LogP contribution < -0.4 is 4.74 Å². The Morgan fingerprint density at radius 2 is 1.65 bits per heavy atom. The number of benzene rings is 2. The molecule has 34 heavy (non-hydrogen) atoms. The average molecular weight is 487 g/mol. The van der Waals surface area contributed by atoms with E-state index < -0.39 is 22.6 Å². The fraction of sp³-hybridized carbons (Fsp3) is 0.440. The number of methoxy groups -OCH3 is 1. The number of hydrogen-bond acceptors (Lipinski definition) is 6. The first-order valence-electron chi connectivity index (χ1n) is 11.6. The van der Waals surface area contributed by atoms with Gasteiger partial charge in [0.2, 0.25) is 10.0 Å². The van der Waals surface area contributed by atoms with E-state index in [2.05, 4.69) is 6.07 Å². The highest BCUT2D eigenvalue weighted by Gasteiger charge is 2.28. The molecule has 1 amide bonds. The first kappa shape index (κ1) is 24.2. The molecule has 0 spiro atoms. The second-order valence-corrected chi connectivity index (χ2v) is 10.5. The van der Waals surface area contributed by atoms with Crippen molar-refractivity contribution >= 4 is 21.9 Å². The zero-order valence-electron chi connectivity index (χ0n) is 19.4. The molecule has 0 radical (unpaired) electrons. The smallest absolute Gasteiger partial charge is 0.342 e. The zero-order chi connectivity index (χ0) is 24.1. The van der Waals surface area contributed by atoms with E-state index in [1.54, 1.807) is 4.90 Å². The molecule has 0 saturated carbocycles. The molecule has 0 aromatic heterocycles. The molecule has 0 atom stereocenters. The summed E-state index contributed by atoms with van der Waals surface area (Å²) in [5.74, 6) is -0.898. The van der Waals surface area contributed by atoms with Gasteiger partial charge in [0.1, 0.15) is 11.3 Å². The molecule has 0 unspecified atom stereocenters. The Kier molecular flexibility index (Phi) is 7.53. The van der Waals surface area contributed by atoms with E-state index in [1.165, 1.54) is 35.2 Å². The van der Waals surface area contributed by atoms with Crippen molar-refractivity contribution in [3.05, 3.63) is 59.2 Å². The Morgan fingerprint density at radius 3 is 2.35 bits per heavy atom. The van der Waals surface area contributed by atoms with Crippen molar-refractivity contribution < 1.29 is 27.5 Å². The van der Waals surface area contributed by atoms with E-state index in [-0.39, 0.29) is 22.1 Å². The Morgan fingerprint density at radius 1 is 0.941 bits per heavy atom. The Hall–Kier alpha value is -2.91. The number of rotatable bonds is 6. The average Bonchev–Trinajstić information content (AvgIpc) is 3.16. The van der Waals surface area contributed by atoms with Crippen LogP contribution in [0.2, 0.25) is 0 Å². The highest BCUT2D eigenvalue weighted by atomic mass is 32.2. The van der Waals surface area contributed by atoms with E-state index in [0.717, 1.165) is 37.7 Å². The van der Waals surface area contributed by atoms with E-state index in [1.807, 2.05) is 18.2 Å². The summed E-state index contributed by atoms with van der Waals surface area (Å²) in [6.45, 7) is 1.52. The van der Waals surface area contributed by atoms with Crippen LogP contribution in [0.4, 0.5) is 0 Å². The van der Waals surface area contributed by atoms with E-state index in [9.17, 15) is 18.0 Å². The van der Waals surface area contributed by atoms with E-state index in [0.29, 0.717) is 26.2 Å². The van der Waals surface area contributed by atoms with Crippen LogP contribution in [0.3, 0.4) is 0 Å². The second-order valence-electron chi connectivity index (χ2n) is 8.59. The van der Waals surface area contributed by atoms with Gasteiger partial charge in [-0.05, 0) is 48.6 Å². The van der Waals surface area contributed by atoms with Crippen LogP contribution in [0.15, 0.2) is 47.4 Å². The largest absolute Gasteiger partial charge is 0.496 e. The lowest BCUT2D eigenvalue weighted by molar-refractivity contribution is -0.135. The highest BCUT2D eigenvalue weighted by Crippen LogP contribution is 2.27. The predicted octanol–water partition coefficient (Wildman–Crippen LogP) is 3.00. The monoisotopic (exact) mass is 486 g/mol. The van der Waals surface area contributed by atoms with Crippen molar-refractivity contribution in [3.63, 3.8) is 0 Å². The van der Waals surface area contributed by atoms with Crippen molar-refractivity contribution in [2.75, 3.05) is 33.4 Å². The van der Waals surface area contributed by atoms with Crippen LogP contribution in [0.5, 0.6) is 5.75 Å². The Labute approximate surface area is 200 Å². The normalized spacial score (nSPS) is 16.9. The number of fused-ring (bicyclic) bond motifs is 1. The van der Waals surface area contributed by atoms with Crippen molar-refractivity contribution in [2.45, 2.75) is 43.5 Å². The summed E-state index contributed by atoms with van der Waals surface area (Å²) in [6, 6.07) is 12.1. The third-order valence-corrected chi connectivity index (χ3v) is 8.30. The Bertz CT molecular complexity index is 1160. The van der Waals surface area contributed by atoms with Crippen LogP contribution >= 0.6 is 0 Å². The van der Waals surface area contributed by atoms with Gasteiger partial charge in [-0.15, -0.1) is 0 Å². The maximum Gasteiger partial charge on any atom is 0.342 e. The van der Waals surface area contributed by atoms with Gasteiger partial charge in [-0.3, -0.25) is 4.79 Å². The summed E-state index contributed by atoms with van der Waals surface area (Å²) >= 11 is 0. The molecule has 2 aliphatic rings. The standard InChI is InChI=1S/C25H30N2O6S/c1-32-23-11-10-21(34(30,31)27-13-6-2-3-7-14-27)16-22(23)25(29)33-18-24(28)26-15-12-19-8-4-5-9-20(19)17-26/h4-5,8-11,16H,2-3,6-7,12-15,17-18H2,1H3. The molecule has 8 nitrogen and oxygen atoms in total.